The lowest BCUT2D eigenvalue weighted by atomic mass is 9.85. The number of carbonyl (C=O) groups excluding carboxylic acids is 1. The number of rotatable bonds is 3. The van der Waals surface area contributed by atoms with Crippen LogP contribution in [-0.2, 0) is 18.4 Å². The third-order valence-electron chi connectivity index (χ3n) is 4.45. The maximum atomic E-state index is 11.9. The van der Waals surface area contributed by atoms with Gasteiger partial charge in [0.05, 0.1) is 0 Å². The molecule has 0 saturated heterocycles. The van der Waals surface area contributed by atoms with Gasteiger partial charge in [-0.2, -0.15) is 0 Å². The van der Waals surface area contributed by atoms with E-state index in [-0.39, 0.29) is 11.8 Å². The van der Waals surface area contributed by atoms with Gasteiger partial charge in [0.1, 0.15) is 0 Å². The average molecular weight is 256 g/mol. The van der Waals surface area contributed by atoms with Gasteiger partial charge in [-0.05, 0) is 31.4 Å². The zero-order chi connectivity index (χ0) is 13.4. The van der Waals surface area contributed by atoms with E-state index in [1.165, 1.54) is 28.6 Å². The van der Waals surface area contributed by atoms with Crippen molar-refractivity contribution in [2.24, 2.45) is 13.0 Å². The Kier molecular flexibility index (Phi) is 3.05. The Morgan fingerprint density at radius 1 is 1.37 bits per heavy atom. The lowest BCUT2D eigenvalue weighted by Crippen LogP contribution is -2.34. The van der Waals surface area contributed by atoms with Crippen molar-refractivity contribution in [2.45, 2.75) is 32.7 Å². The summed E-state index contributed by atoms with van der Waals surface area (Å²) in [4.78, 5) is 11.9. The number of para-hydroxylation sites is 1. The largest absolute Gasteiger partial charge is 0.352 e. The first-order valence-electron chi connectivity index (χ1n) is 6.99. The van der Waals surface area contributed by atoms with Crippen LogP contribution >= 0.6 is 0 Å². The van der Waals surface area contributed by atoms with Gasteiger partial charge in [-0.25, -0.2) is 0 Å². The summed E-state index contributed by atoms with van der Waals surface area (Å²) in [5.74, 6) is 0.480. The summed E-state index contributed by atoms with van der Waals surface area (Å²) in [6.45, 7) is 2.76. The zero-order valence-electron chi connectivity index (χ0n) is 11.6. The highest BCUT2D eigenvalue weighted by molar-refractivity contribution is 5.86. The van der Waals surface area contributed by atoms with E-state index >= 15 is 0 Å². The maximum absolute atomic E-state index is 11.9. The molecule has 19 heavy (non-hydrogen) atoms. The Bertz CT molecular complexity index is 623. The van der Waals surface area contributed by atoms with Crippen LogP contribution in [0.15, 0.2) is 24.3 Å². The molecule has 0 aliphatic heterocycles. The summed E-state index contributed by atoms with van der Waals surface area (Å²) in [7, 11) is 2.08. The Morgan fingerprint density at radius 2 is 2.11 bits per heavy atom. The fraction of sp³-hybridized carbons (Fsp3) is 0.438. The monoisotopic (exact) mass is 256 g/mol. The quantitative estimate of drug-likeness (QED) is 0.900. The van der Waals surface area contributed by atoms with E-state index < -0.39 is 0 Å². The van der Waals surface area contributed by atoms with Crippen LogP contribution in [0.1, 0.15) is 30.5 Å². The van der Waals surface area contributed by atoms with Gasteiger partial charge in [0.25, 0.3) is 0 Å². The van der Waals surface area contributed by atoms with E-state index in [0.717, 1.165) is 12.8 Å². The fourth-order valence-electron chi connectivity index (χ4n) is 2.81. The molecule has 0 bridgehead atoms. The van der Waals surface area contributed by atoms with Crippen molar-refractivity contribution in [2.75, 3.05) is 0 Å². The zero-order valence-corrected chi connectivity index (χ0v) is 11.6. The second-order valence-electron chi connectivity index (χ2n) is 5.49. The van der Waals surface area contributed by atoms with E-state index in [1.807, 2.05) is 0 Å². The van der Waals surface area contributed by atoms with Gasteiger partial charge in [-0.3, -0.25) is 4.79 Å². The highest BCUT2D eigenvalue weighted by atomic mass is 16.1. The smallest absolute Gasteiger partial charge is 0.223 e. The Labute approximate surface area is 113 Å². The van der Waals surface area contributed by atoms with E-state index in [1.54, 1.807) is 0 Å². The first kappa shape index (κ1) is 12.3. The molecule has 1 amide bonds. The topological polar surface area (TPSA) is 34.0 Å². The number of nitrogens with one attached hydrogen (secondary N) is 1. The van der Waals surface area contributed by atoms with Crippen LogP contribution in [0, 0.1) is 12.8 Å². The second-order valence-corrected chi connectivity index (χ2v) is 5.49. The summed E-state index contributed by atoms with van der Waals surface area (Å²) in [6.07, 6.45) is 3.31. The number of hydrogen-bond acceptors (Lipinski definition) is 1. The molecule has 1 N–H and O–H groups in total. The number of fused-ring (bicyclic) bond motifs is 1. The molecule has 0 spiro atoms. The number of carbonyl (C=O) groups is 1. The van der Waals surface area contributed by atoms with Crippen molar-refractivity contribution < 1.29 is 4.79 Å². The number of aromatic nitrogens is 1. The van der Waals surface area contributed by atoms with Crippen molar-refractivity contribution in [3.05, 3.63) is 35.5 Å². The standard InChI is InChI=1S/C16H20N2O/c1-11-14(10-17-16(19)12-6-5-7-12)13-8-3-4-9-15(13)18(11)2/h3-4,8-9,12H,5-7,10H2,1-2H3,(H,17,19). The second kappa shape index (κ2) is 4.72. The highest BCUT2D eigenvalue weighted by Gasteiger charge is 2.25. The number of aryl methyl sites for hydroxylation is 1. The van der Waals surface area contributed by atoms with Gasteiger partial charge in [0.2, 0.25) is 5.91 Å². The minimum atomic E-state index is 0.221. The van der Waals surface area contributed by atoms with Gasteiger partial charge in [0, 0.05) is 36.1 Å². The Morgan fingerprint density at radius 3 is 2.79 bits per heavy atom. The Hall–Kier alpha value is -1.77. The lowest BCUT2D eigenvalue weighted by Gasteiger charge is -2.24. The van der Waals surface area contributed by atoms with E-state index in [4.69, 9.17) is 0 Å². The number of amides is 1. The first-order valence-corrected chi connectivity index (χ1v) is 6.99. The molecule has 3 heteroatoms. The summed E-state index contributed by atoms with van der Waals surface area (Å²) in [6, 6.07) is 8.37. The van der Waals surface area contributed by atoms with Gasteiger partial charge in [0.15, 0.2) is 0 Å². The molecule has 1 aromatic heterocycles. The van der Waals surface area contributed by atoms with E-state index in [9.17, 15) is 4.79 Å². The molecular weight excluding hydrogens is 236 g/mol. The number of nitrogens with zero attached hydrogens (tertiary/aromatic N) is 1. The van der Waals surface area contributed by atoms with Gasteiger partial charge >= 0.3 is 0 Å². The van der Waals surface area contributed by atoms with Gasteiger partial charge < -0.3 is 9.88 Å². The minimum absolute atomic E-state index is 0.221. The van der Waals surface area contributed by atoms with Crippen LogP contribution in [0.5, 0.6) is 0 Å². The molecule has 1 aromatic carbocycles. The lowest BCUT2D eigenvalue weighted by molar-refractivity contribution is -0.127. The highest BCUT2D eigenvalue weighted by Crippen LogP contribution is 2.27. The molecule has 1 aliphatic rings. The molecule has 1 saturated carbocycles. The molecule has 100 valence electrons. The van der Waals surface area contributed by atoms with Gasteiger partial charge in [-0.15, -0.1) is 0 Å². The molecule has 0 radical (unpaired) electrons. The average Bonchev–Trinajstić information content (AvgIpc) is 2.59. The van der Waals surface area contributed by atoms with E-state index in [2.05, 4.69) is 48.1 Å². The first-order chi connectivity index (χ1) is 9.18. The Balaban J connectivity index is 1.84. The molecular formula is C16H20N2O. The van der Waals surface area contributed by atoms with Crippen molar-refractivity contribution in [1.29, 1.82) is 0 Å². The summed E-state index contributed by atoms with van der Waals surface area (Å²) >= 11 is 0. The van der Waals surface area contributed by atoms with Crippen molar-refractivity contribution in [3.63, 3.8) is 0 Å². The van der Waals surface area contributed by atoms with Crippen LogP contribution < -0.4 is 5.32 Å². The third-order valence-corrected chi connectivity index (χ3v) is 4.45. The van der Waals surface area contributed by atoms with Crippen molar-refractivity contribution in [1.82, 2.24) is 9.88 Å². The predicted octanol–water partition coefficient (Wildman–Crippen LogP) is 2.90. The van der Waals surface area contributed by atoms with Crippen molar-refractivity contribution in [3.8, 4) is 0 Å². The molecule has 3 rings (SSSR count). The summed E-state index contributed by atoms with van der Waals surface area (Å²) in [5, 5.41) is 4.34. The van der Waals surface area contributed by atoms with Crippen LogP contribution in [0.2, 0.25) is 0 Å². The molecule has 1 fully saturated rings. The molecule has 1 heterocycles. The predicted molar refractivity (Wildman–Crippen MR) is 76.8 cm³/mol. The maximum Gasteiger partial charge on any atom is 0.223 e. The summed E-state index contributed by atoms with van der Waals surface area (Å²) < 4.78 is 2.19. The van der Waals surface area contributed by atoms with E-state index in [0.29, 0.717) is 6.54 Å². The normalized spacial score (nSPS) is 15.5. The third kappa shape index (κ3) is 2.03. The molecule has 3 nitrogen and oxygen atoms in total. The van der Waals surface area contributed by atoms with Gasteiger partial charge in [-0.1, -0.05) is 24.6 Å². The number of hydrogen-bond donors (Lipinski definition) is 1. The van der Waals surface area contributed by atoms with Crippen molar-refractivity contribution >= 4 is 16.8 Å². The SMILES string of the molecule is Cc1c(CNC(=O)C2CCC2)c2ccccc2n1C. The van der Waals surface area contributed by atoms with Crippen LogP contribution in [0.3, 0.4) is 0 Å². The molecule has 1 aliphatic carbocycles. The molecule has 2 aromatic rings. The fourth-order valence-corrected chi connectivity index (χ4v) is 2.81. The van der Waals surface area contributed by atoms with Crippen LogP contribution in [-0.4, -0.2) is 10.5 Å². The number of benzene rings is 1. The van der Waals surface area contributed by atoms with Crippen LogP contribution in [0.25, 0.3) is 10.9 Å². The van der Waals surface area contributed by atoms with Crippen LogP contribution in [0.4, 0.5) is 0 Å². The molecule has 0 atom stereocenters. The minimum Gasteiger partial charge on any atom is -0.352 e. The summed E-state index contributed by atoms with van der Waals surface area (Å²) in [5.41, 5.74) is 3.70. The molecule has 0 unspecified atom stereocenters.